The van der Waals surface area contributed by atoms with Gasteiger partial charge in [0.05, 0.1) is 6.10 Å². The molecule has 1 aliphatic rings. The van der Waals surface area contributed by atoms with E-state index in [9.17, 15) is 14.7 Å². The number of carbonyl (C=O) groups is 2. The standard InChI is InChI=1S/C13H16N2O4/c16-10-6-11(13(18)19)15(8-10)12(17)4-3-9-2-1-5-14-7-9/h1-2,5,7,10-11,16H,3-4,6,8H2,(H,18,19)/t10-,11+/m1/s1. The smallest absolute Gasteiger partial charge is 0.326 e. The van der Waals surface area contributed by atoms with E-state index < -0.39 is 18.1 Å². The summed E-state index contributed by atoms with van der Waals surface area (Å²) in [5, 5.41) is 18.5. The monoisotopic (exact) mass is 264 g/mol. The number of aryl methyl sites for hydroxylation is 1. The molecule has 0 aliphatic carbocycles. The third-order valence-electron chi connectivity index (χ3n) is 3.23. The van der Waals surface area contributed by atoms with Crippen LogP contribution in [0.15, 0.2) is 24.5 Å². The number of carboxylic acid groups (broad SMARTS) is 1. The molecule has 102 valence electrons. The van der Waals surface area contributed by atoms with E-state index in [-0.39, 0.29) is 25.3 Å². The minimum atomic E-state index is -1.06. The first-order valence-corrected chi connectivity index (χ1v) is 6.17. The molecule has 0 aromatic carbocycles. The van der Waals surface area contributed by atoms with Crippen LogP contribution in [0.4, 0.5) is 0 Å². The fourth-order valence-corrected chi connectivity index (χ4v) is 2.26. The number of hydrogen-bond donors (Lipinski definition) is 2. The molecule has 0 saturated carbocycles. The number of carbonyl (C=O) groups excluding carboxylic acids is 1. The van der Waals surface area contributed by atoms with Gasteiger partial charge in [0.2, 0.25) is 5.91 Å². The molecule has 1 saturated heterocycles. The Morgan fingerprint density at radius 2 is 2.26 bits per heavy atom. The molecule has 2 N–H and O–H groups in total. The molecule has 1 fully saturated rings. The van der Waals surface area contributed by atoms with Gasteiger partial charge in [-0.3, -0.25) is 9.78 Å². The van der Waals surface area contributed by atoms with Crippen LogP contribution >= 0.6 is 0 Å². The lowest BCUT2D eigenvalue weighted by Gasteiger charge is -2.21. The molecule has 1 aromatic heterocycles. The van der Waals surface area contributed by atoms with Crippen molar-refractivity contribution in [1.29, 1.82) is 0 Å². The number of aliphatic hydroxyl groups excluding tert-OH is 1. The minimum Gasteiger partial charge on any atom is -0.480 e. The average Bonchev–Trinajstić information content (AvgIpc) is 2.79. The van der Waals surface area contributed by atoms with E-state index >= 15 is 0 Å². The highest BCUT2D eigenvalue weighted by Gasteiger charge is 2.38. The summed E-state index contributed by atoms with van der Waals surface area (Å²) in [6.45, 7) is 0.100. The van der Waals surface area contributed by atoms with Crippen LogP contribution in [0, 0.1) is 0 Å². The van der Waals surface area contributed by atoms with Gasteiger partial charge in [-0.25, -0.2) is 4.79 Å². The third-order valence-corrected chi connectivity index (χ3v) is 3.23. The van der Waals surface area contributed by atoms with Crippen molar-refractivity contribution in [2.24, 2.45) is 0 Å². The predicted molar refractivity (Wildman–Crippen MR) is 66.3 cm³/mol. The van der Waals surface area contributed by atoms with E-state index in [4.69, 9.17) is 5.11 Å². The Morgan fingerprint density at radius 1 is 1.47 bits per heavy atom. The van der Waals surface area contributed by atoms with Gasteiger partial charge < -0.3 is 15.1 Å². The first-order valence-electron chi connectivity index (χ1n) is 6.17. The number of hydrogen-bond acceptors (Lipinski definition) is 4. The Labute approximate surface area is 110 Å². The first kappa shape index (κ1) is 13.5. The Kier molecular flexibility index (Phi) is 4.11. The van der Waals surface area contributed by atoms with E-state index in [0.717, 1.165) is 5.56 Å². The van der Waals surface area contributed by atoms with Crippen molar-refractivity contribution in [1.82, 2.24) is 9.88 Å². The van der Waals surface area contributed by atoms with Gasteiger partial charge in [0.25, 0.3) is 0 Å². The molecule has 2 rings (SSSR count). The summed E-state index contributed by atoms with van der Waals surface area (Å²) in [7, 11) is 0. The second-order valence-corrected chi connectivity index (χ2v) is 4.65. The molecule has 0 spiro atoms. The van der Waals surface area contributed by atoms with Crippen LogP contribution in [0.25, 0.3) is 0 Å². The summed E-state index contributed by atoms with van der Waals surface area (Å²) in [6, 6.07) is 2.75. The van der Waals surface area contributed by atoms with Crippen LogP contribution in [-0.2, 0) is 16.0 Å². The van der Waals surface area contributed by atoms with Crippen LogP contribution in [0.5, 0.6) is 0 Å². The summed E-state index contributed by atoms with van der Waals surface area (Å²) < 4.78 is 0. The van der Waals surface area contributed by atoms with Crippen LogP contribution in [-0.4, -0.2) is 50.7 Å². The predicted octanol–water partition coefficient (Wildman–Crippen LogP) is 0.0606. The maximum absolute atomic E-state index is 12.0. The Bertz CT molecular complexity index is 463. The molecule has 2 heterocycles. The third kappa shape index (κ3) is 3.29. The van der Waals surface area contributed by atoms with Crippen molar-refractivity contribution in [3.05, 3.63) is 30.1 Å². The molecular formula is C13H16N2O4. The van der Waals surface area contributed by atoms with Crippen molar-refractivity contribution in [2.75, 3.05) is 6.54 Å². The van der Waals surface area contributed by atoms with E-state index in [1.807, 2.05) is 6.07 Å². The summed E-state index contributed by atoms with van der Waals surface area (Å²) in [5.74, 6) is -1.31. The van der Waals surface area contributed by atoms with E-state index in [2.05, 4.69) is 4.98 Å². The summed E-state index contributed by atoms with van der Waals surface area (Å²) in [6.07, 6.45) is 3.44. The lowest BCUT2D eigenvalue weighted by Crippen LogP contribution is -2.40. The fourth-order valence-electron chi connectivity index (χ4n) is 2.26. The zero-order valence-corrected chi connectivity index (χ0v) is 10.4. The average molecular weight is 264 g/mol. The molecule has 1 amide bonds. The number of β-amino-alcohol motifs (C(OH)–C–C–N with tert-alkyl or cyclic N) is 1. The number of aliphatic carboxylic acids is 1. The molecule has 0 unspecified atom stereocenters. The van der Waals surface area contributed by atoms with Gasteiger partial charge in [-0.05, 0) is 18.1 Å². The molecule has 1 aliphatic heterocycles. The molecule has 1 aromatic rings. The molecule has 19 heavy (non-hydrogen) atoms. The first-order chi connectivity index (χ1) is 9.08. The normalized spacial score (nSPS) is 22.5. The van der Waals surface area contributed by atoms with E-state index in [1.54, 1.807) is 18.5 Å². The molecule has 6 heteroatoms. The number of pyridine rings is 1. The largest absolute Gasteiger partial charge is 0.480 e. The molecule has 2 atom stereocenters. The number of amides is 1. The van der Waals surface area contributed by atoms with Crippen molar-refractivity contribution >= 4 is 11.9 Å². The zero-order valence-electron chi connectivity index (χ0n) is 10.4. The van der Waals surface area contributed by atoms with E-state index in [1.165, 1.54) is 4.90 Å². The lowest BCUT2D eigenvalue weighted by atomic mass is 10.1. The van der Waals surface area contributed by atoms with Crippen molar-refractivity contribution in [3.63, 3.8) is 0 Å². The SMILES string of the molecule is O=C(O)[C@@H]1C[C@@H](O)CN1C(=O)CCc1cccnc1. The van der Waals surface area contributed by atoms with Crippen molar-refractivity contribution in [2.45, 2.75) is 31.4 Å². The zero-order chi connectivity index (χ0) is 13.8. The lowest BCUT2D eigenvalue weighted by molar-refractivity contribution is -0.148. The Balaban J connectivity index is 1.94. The Hall–Kier alpha value is -1.95. The number of aromatic nitrogens is 1. The van der Waals surface area contributed by atoms with Gasteiger partial charge in [-0.15, -0.1) is 0 Å². The van der Waals surface area contributed by atoms with Gasteiger partial charge >= 0.3 is 5.97 Å². The van der Waals surface area contributed by atoms with Crippen LogP contribution < -0.4 is 0 Å². The minimum absolute atomic E-state index is 0.100. The van der Waals surface area contributed by atoms with E-state index in [0.29, 0.717) is 6.42 Å². The highest BCUT2D eigenvalue weighted by atomic mass is 16.4. The second kappa shape index (κ2) is 5.79. The van der Waals surface area contributed by atoms with Crippen LogP contribution in [0.2, 0.25) is 0 Å². The second-order valence-electron chi connectivity index (χ2n) is 4.65. The highest BCUT2D eigenvalue weighted by Crippen LogP contribution is 2.19. The molecule has 0 bridgehead atoms. The van der Waals surface area contributed by atoms with Crippen LogP contribution in [0.3, 0.4) is 0 Å². The van der Waals surface area contributed by atoms with Gasteiger partial charge in [0, 0.05) is 31.8 Å². The molecular weight excluding hydrogens is 248 g/mol. The maximum Gasteiger partial charge on any atom is 0.326 e. The number of carboxylic acids is 1. The topological polar surface area (TPSA) is 90.7 Å². The van der Waals surface area contributed by atoms with Gasteiger partial charge in [-0.2, -0.15) is 0 Å². The molecule has 6 nitrogen and oxygen atoms in total. The highest BCUT2D eigenvalue weighted by molar-refractivity contribution is 5.84. The maximum atomic E-state index is 12.0. The number of likely N-dealkylation sites (tertiary alicyclic amines) is 1. The summed E-state index contributed by atoms with van der Waals surface area (Å²) >= 11 is 0. The van der Waals surface area contributed by atoms with Crippen molar-refractivity contribution < 1.29 is 19.8 Å². The van der Waals surface area contributed by atoms with Crippen molar-refractivity contribution in [3.8, 4) is 0 Å². The van der Waals surface area contributed by atoms with Gasteiger partial charge in [0.15, 0.2) is 0 Å². The molecule has 0 radical (unpaired) electrons. The van der Waals surface area contributed by atoms with Gasteiger partial charge in [0.1, 0.15) is 6.04 Å². The summed E-state index contributed by atoms with van der Waals surface area (Å²) in [4.78, 5) is 28.2. The summed E-state index contributed by atoms with van der Waals surface area (Å²) in [5.41, 5.74) is 0.933. The number of aliphatic hydroxyl groups is 1. The number of rotatable bonds is 4. The fraction of sp³-hybridized carbons (Fsp3) is 0.462. The van der Waals surface area contributed by atoms with Crippen LogP contribution in [0.1, 0.15) is 18.4 Å². The number of nitrogens with zero attached hydrogens (tertiary/aromatic N) is 2. The Morgan fingerprint density at radius 3 is 2.89 bits per heavy atom. The quantitative estimate of drug-likeness (QED) is 0.802. The van der Waals surface area contributed by atoms with Gasteiger partial charge in [-0.1, -0.05) is 6.07 Å².